The summed E-state index contributed by atoms with van der Waals surface area (Å²) in [7, 11) is 0. The van der Waals surface area contributed by atoms with E-state index in [1.54, 1.807) is 42.5 Å². The van der Waals surface area contributed by atoms with Crippen molar-refractivity contribution in [1.82, 2.24) is 4.57 Å². The molecule has 0 radical (unpaired) electrons. The first-order valence-electron chi connectivity index (χ1n) is 12.9. The van der Waals surface area contributed by atoms with Crippen LogP contribution in [0, 0.1) is 6.92 Å². The van der Waals surface area contributed by atoms with Crippen molar-refractivity contribution in [3.63, 3.8) is 0 Å². The zero-order chi connectivity index (χ0) is 28.4. The normalized spacial score (nSPS) is 11.5. The van der Waals surface area contributed by atoms with Crippen molar-refractivity contribution in [2.24, 2.45) is 5.16 Å². The molecular formula is C33H26N2O5. The van der Waals surface area contributed by atoms with Crippen molar-refractivity contribution in [3.05, 3.63) is 119 Å². The van der Waals surface area contributed by atoms with Gasteiger partial charge in [0.1, 0.15) is 0 Å². The number of Topliss-reactive ketones (excluding diaryl/α,β-unsaturated/α-hetero) is 2. The molecule has 4 aromatic carbocycles. The average molecular weight is 531 g/mol. The predicted molar refractivity (Wildman–Crippen MR) is 154 cm³/mol. The number of aryl methyl sites for hydroxylation is 2. The molecular weight excluding hydrogens is 504 g/mol. The number of carbonyl (C=O) groups is 4. The van der Waals surface area contributed by atoms with E-state index in [9.17, 15) is 19.2 Å². The summed E-state index contributed by atoms with van der Waals surface area (Å²) in [6.07, 6.45) is 0. The lowest BCUT2D eigenvalue weighted by atomic mass is 9.96. The van der Waals surface area contributed by atoms with E-state index >= 15 is 0 Å². The van der Waals surface area contributed by atoms with E-state index in [4.69, 9.17) is 4.84 Å². The van der Waals surface area contributed by atoms with Crippen LogP contribution >= 0.6 is 0 Å². The molecule has 0 atom stereocenters. The van der Waals surface area contributed by atoms with Crippen LogP contribution in [0.15, 0.2) is 96.2 Å². The summed E-state index contributed by atoms with van der Waals surface area (Å²) in [5.74, 6) is -2.18. The van der Waals surface area contributed by atoms with Crippen molar-refractivity contribution in [2.75, 3.05) is 0 Å². The van der Waals surface area contributed by atoms with Gasteiger partial charge in [-0.3, -0.25) is 14.4 Å². The largest absolute Gasteiger partial charge is 0.341 e. The van der Waals surface area contributed by atoms with Gasteiger partial charge in [0.2, 0.25) is 11.6 Å². The van der Waals surface area contributed by atoms with Gasteiger partial charge >= 0.3 is 5.97 Å². The maximum Gasteiger partial charge on any atom is 0.332 e. The molecule has 1 aromatic heterocycles. The molecule has 0 amide bonds. The number of aromatic nitrogens is 1. The maximum atomic E-state index is 13.6. The fraction of sp³-hybridized carbons (Fsp3) is 0.121. The average Bonchev–Trinajstić information content (AvgIpc) is 3.29. The monoisotopic (exact) mass is 530 g/mol. The summed E-state index contributed by atoms with van der Waals surface area (Å²) in [5.41, 5.74) is 3.78. The number of rotatable bonds is 8. The Labute approximate surface area is 230 Å². The highest BCUT2D eigenvalue weighted by Crippen LogP contribution is 2.32. The lowest BCUT2D eigenvalue weighted by Gasteiger charge is -2.06. The van der Waals surface area contributed by atoms with E-state index in [0.29, 0.717) is 17.7 Å². The Morgan fingerprint density at radius 1 is 0.725 bits per heavy atom. The van der Waals surface area contributed by atoms with Crippen LogP contribution in [0.4, 0.5) is 0 Å². The van der Waals surface area contributed by atoms with Crippen molar-refractivity contribution in [1.29, 1.82) is 0 Å². The lowest BCUT2D eigenvalue weighted by molar-refractivity contribution is -0.140. The number of nitrogens with zero attached hydrogens (tertiary/aromatic N) is 2. The fourth-order valence-electron chi connectivity index (χ4n) is 4.87. The number of benzene rings is 4. The predicted octanol–water partition coefficient (Wildman–Crippen LogP) is 6.34. The smallest absolute Gasteiger partial charge is 0.332 e. The van der Waals surface area contributed by atoms with Crippen LogP contribution in [0.1, 0.15) is 56.0 Å². The molecule has 5 aromatic rings. The molecule has 0 aliphatic rings. The fourth-order valence-corrected chi connectivity index (χ4v) is 4.87. The molecule has 198 valence electrons. The van der Waals surface area contributed by atoms with Gasteiger partial charge in [0, 0.05) is 57.5 Å². The van der Waals surface area contributed by atoms with Gasteiger partial charge in [-0.15, -0.1) is 0 Å². The van der Waals surface area contributed by atoms with E-state index in [2.05, 4.69) is 9.72 Å². The topological polar surface area (TPSA) is 94.8 Å². The second kappa shape index (κ2) is 10.9. The van der Waals surface area contributed by atoms with Gasteiger partial charge in [-0.25, -0.2) is 4.79 Å². The van der Waals surface area contributed by atoms with Gasteiger partial charge < -0.3 is 9.40 Å². The van der Waals surface area contributed by atoms with E-state index in [1.165, 1.54) is 0 Å². The standard InChI is InChI=1S/C33H26N2O5/c1-4-35-28-16-14-23(31(37)25-13-9-8-10-20(25)2)18-26(28)27-19-24(15-17-29(27)35)33(39)30(34-40-21(3)36)32(38)22-11-6-5-7-12-22/h5-19H,4H2,1-3H3/b34-30+. The summed E-state index contributed by atoms with van der Waals surface area (Å²) in [4.78, 5) is 56.4. The van der Waals surface area contributed by atoms with Crippen molar-refractivity contribution in [2.45, 2.75) is 27.3 Å². The zero-order valence-electron chi connectivity index (χ0n) is 22.3. The minimum atomic E-state index is -0.751. The molecule has 0 N–H and O–H groups in total. The second-order valence-corrected chi connectivity index (χ2v) is 9.40. The third-order valence-corrected chi connectivity index (χ3v) is 6.83. The van der Waals surface area contributed by atoms with Gasteiger partial charge in [0.15, 0.2) is 11.5 Å². The van der Waals surface area contributed by atoms with Crippen LogP contribution < -0.4 is 0 Å². The first-order chi connectivity index (χ1) is 19.3. The Morgan fingerprint density at radius 2 is 1.30 bits per heavy atom. The highest BCUT2D eigenvalue weighted by atomic mass is 16.7. The molecule has 7 nitrogen and oxygen atoms in total. The molecule has 7 heteroatoms. The minimum Gasteiger partial charge on any atom is -0.341 e. The second-order valence-electron chi connectivity index (χ2n) is 9.40. The summed E-state index contributed by atoms with van der Waals surface area (Å²) in [6, 6.07) is 26.3. The van der Waals surface area contributed by atoms with Crippen LogP contribution in [-0.2, 0) is 16.2 Å². The Bertz CT molecular complexity index is 1850. The Balaban J connectivity index is 1.63. The summed E-state index contributed by atoms with van der Waals surface area (Å²) >= 11 is 0. The number of hydrogen-bond donors (Lipinski definition) is 0. The van der Waals surface area contributed by atoms with Crippen LogP contribution in [0.25, 0.3) is 21.8 Å². The first kappa shape index (κ1) is 26.4. The first-order valence-corrected chi connectivity index (χ1v) is 12.9. The van der Waals surface area contributed by atoms with Gasteiger partial charge in [-0.2, -0.15) is 0 Å². The number of carbonyl (C=O) groups excluding carboxylic acids is 4. The third kappa shape index (κ3) is 4.85. The maximum absolute atomic E-state index is 13.6. The zero-order valence-corrected chi connectivity index (χ0v) is 22.3. The number of oxime groups is 1. The Kier molecular flexibility index (Phi) is 7.21. The van der Waals surface area contributed by atoms with Crippen molar-refractivity contribution >= 4 is 50.8 Å². The van der Waals surface area contributed by atoms with Gasteiger partial charge in [0.25, 0.3) is 0 Å². The Hall–Kier alpha value is -5.17. The van der Waals surface area contributed by atoms with Crippen LogP contribution in [0.5, 0.6) is 0 Å². The number of ketones is 3. The molecule has 0 aliphatic heterocycles. The highest BCUT2D eigenvalue weighted by Gasteiger charge is 2.26. The summed E-state index contributed by atoms with van der Waals surface area (Å²) in [6.45, 7) is 5.73. The molecule has 0 unspecified atom stereocenters. The van der Waals surface area contributed by atoms with Crippen molar-refractivity contribution in [3.8, 4) is 0 Å². The summed E-state index contributed by atoms with van der Waals surface area (Å²) < 4.78 is 2.10. The highest BCUT2D eigenvalue weighted by molar-refractivity contribution is 6.71. The molecule has 5 rings (SSSR count). The SMILES string of the molecule is CCn1c2ccc(C(=O)/C(=N/OC(C)=O)C(=O)c3ccccc3)cc2c2cc(C(=O)c3ccccc3C)ccc21. The third-order valence-electron chi connectivity index (χ3n) is 6.83. The van der Waals surface area contributed by atoms with E-state index in [1.807, 2.05) is 62.4 Å². The van der Waals surface area contributed by atoms with Crippen molar-refractivity contribution < 1.29 is 24.0 Å². The molecule has 40 heavy (non-hydrogen) atoms. The van der Waals surface area contributed by atoms with E-state index in [0.717, 1.165) is 34.3 Å². The minimum absolute atomic E-state index is 0.0890. The number of hydrogen-bond acceptors (Lipinski definition) is 6. The summed E-state index contributed by atoms with van der Waals surface area (Å²) in [5, 5.41) is 5.19. The van der Waals surface area contributed by atoms with Crippen LogP contribution in [0.3, 0.4) is 0 Å². The lowest BCUT2D eigenvalue weighted by Crippen LogP contribution is -2.25. The molecule has 1 heterocycles. The van der Waals surface area contributed by atoms with Gasteiger partial charge in [-0.1, -0.05) is 59.8 Å². The molecule has 0 saturated carbocycles. The van der Waals surface area contributed by atoms with Crippen LogP contribution in [-0.4, -0.2) is 33.6 Å². The molecule has 0 fully saturated rings. The number of fused-ring (bicyclic) bond motifs is 3. The Morgan fingerprint density at radius 3 is 1.93 bits per heavy atom. The van der Waals surface area contributed by atoms with Crippen LogP contribution in [0.2, 0.25) is 0 Å². The molecule has 0 spiro atoms. The van der Waals surface area contributed by atoms with Gasteiger partial charge in [-0.05, 0) is 55.8 Å². The molecule has 0 saturated heterocycles. The van der Waals surface area contributed by atoms with E-state index in [-0.39, 0.29) is 16.9 Å². The molecule has 0 bridgehead atoms. The van der Waals surface area contributed by atoms with Gasteiger partial charge in [0.05, 0.1) is 0 Å². The quantitative estimate of drug-likeness (QED) is 0.0767. The molecule has 0 aliphatic carbocycles. The van der Waals surface area contributed by atoms with E-state index < -0.39 is 23.2 Å².